The fraction of sp³-hybridized carbons (Fsp3) is 1.00. The molecule has 0 aromatic rings. The zero-order valence-electron chi connectivity index (χ0n) is 7.55. The molecule has 2 heteroatoms. The highest BCUT2D eigenvalue weighted by Crippen LogP contribution is 2.20. The molecule has 0 amide bonds. The van der Waals surface area contributed by atoms with Gasteiger partial charge in [0.05, 0.1) is 6.10 Å². The second kappa shape index (κ2) is 4.07. The first kappa shape index (κ1) is 9.01. The van der Waals surface area contributed by atoms with Crippen molar-refractivity contribution in [2.45, 2.75) is 45.3 Å². The van der Waals surface area contributed by atoms with Gasteiger partial charge in [-0.25, -0.2) is 0 Å². The van der Waals surface area contributed by atoms with Crippen LogP contribution in [-0.2, 0) is 4.74 Å². The molecule has 1 aliphatic rings. The van der Waals surface area contributed by atoms with Gasteiger partial charge in [-0.3, -0.25) is 0 Å². The fourth-order valence-electron chi connectivity index (χ4n) is 1.48. The van der Waals surface area contributed by atoms with Gasteiger partial charge in [-0.2, -0.15) is 0 Å². The van der Waals surface area contributed by atoms with E-state index >= 15 is 0 Å². The van der Waals surface area contributed by atoms with Crippen molar-refractivity contribution in [1.82, 2.24) is 0 Å². The summed E-state index contributed by atoms with van der Waals surface area (Å²) in [6.45, 7) is 5.19. The van der Waals surface area contributed by atoms with Crippen LogP contribution in [0.1, 0.15) is 33.1 Å². The molecule has 66 valence electrons. The van der Waals surface area contributed by atoms with E-state index in [9.17, 15) is 0 Å². The van der Waals surface area contributed by atoms with Crippen LogP contribution in [0, 0.1) is 5.92 Å². The normalized spacial score (nSPS) is 31.6. The van der Waals surface area contributed by atoms with Crippen LogP contribution in [-0.4, -0.2) is 18.8 Å². The summed E-state index contributed by atoms with van der Waals surface area (Å²) in [6.07, 6.45) is 3.89. The average Bonchev–Trinajstić information content (AvgIpc) is 2.31. The summed E-state index contributed by atoms with van der Waals surface area (Å²) in [5.41, 5.74) is 5.84. The third kappa shape index (κ3) is 2.80. The van der Waals surface area contributed by atoms with Crippen LogP contribution < -0.4 is 5.73 Å². The highest BCUT2D eigenvalue weighted by atomic mass is 16.5. The van der Waals surface area contributed by atoms with Gasteiger partial charge < -0.3 is 10.5 Å². The summed E-state index contributed by atoms with van der Waals surface area (Å²) in [6, 6.07) is 0.300. The van der Waals surface area contributed by atoms with E-state index in [1.54, 1.807) is 0 Å². The number of ether oxygens (including phenoxy) is 1. The van der Waals surface area contributed by atoms with Gasteiger partial charge in [0.25, 0.3) is 0 Å². The summed E-state index contributed by atoms with van der Waals surface area (Å²) in [7, 11) is 0. The Labute approximate surface area is 69.1 Å². The van der Waals surface area contributed by atoms with Crippen molar-refractivity contribution in [3.63, 3.8) is 0 Å². The number of rotatable bonds is 3. The highest BCUT2D eigenvalue weighted by Gasteiger charge is 2.24. The lowest BCUT2D eigenvalue weighted by Crippen LogP contribution is -2.32. The standard InChI is InChI=1S/C9H19NO/c1-7(2)6-11-9-5-3-4-8(9)10/h7-9H,3-6,10H2,1-2H3. The predicted molar refractivity (Wildman–Crippen MR) is 46.4 cm³/mol. The topological polar surface area (TPSA) is 35.2 Å². The fourth-order valence-corrected chi connectivity index (χ4v) is 1.48. The maximum atomic E-state index is 5.84. The molecule has 2 N–H and O–H groups in total. The minimum absolute atomic E-state index is 0.300. The van der Waals surface area contributed by atoms with E-state index in [1.165, 1.54) is 6.42 Å². The first-order chi connectivity index (χ1) is 5.20. The first-order valence-corrected chi connectivity index (χ1v) is 4.57. The molecule has 0 bridgehead atoms. The van der Waals surface area contributed by atoms with Crippen LogP contribution >= 0.6 is 0 Å². The smallest absolute Gasteiger partial charge is 0.0726 e. The van der Waals surface area contributed by atoms with E-state index in [0.717, 1.165) is 19.4 Å². The highest BCUT2D eigenvalue weighted by molar-refractivity contribution is 4.80. The molecule has 2 atom stereocenters. The van der Waals surface area contributed by atoms with Gasteiger partial charge in [-0.05, 0) is 25.2 Å². The molecule has 0 saturated heterocycles. The molecule has 0 aromatic carbocycles. The van der Waals surface area contributed by atoms with Crippen molar-refractivity contribution >= 4 is 0 Å². The van der Waals surface area contributed by atoms with Crippen molar-refractivity contribution in [1.29, 1.82) is 0 Å². The number of hydrogen-bond acceptors (Lipinski definition) is 2. The molecule has 2 unspecified atom stereocenters. The summed E-state index contributed by atoms with van der Waals surface area (Å²) in [5.74, 6) is 0.628. The number of hydrogen-bond donors (Lipinski definition) is 1. The van der Waals surface area contributed by atoms with E-state index in [4.69, 9.17) is 10.5 Å². The second-order valence-corrected chi connectivity index (χ2v) is 3.86. The summed E-state index contributed by atoms with van der Waals surface area (Å²) in [5, 5.41) is 0. The predicted octanol–water partition coefficient (Wildman–Crippen LogP) is 1.54. The largest absolute Gasteiger partial charge is 0.376 e. The molecule has 2 nitrogen and oxygen atoms in total. The van der Waals surface area contributed by atoms with Crippen molar-refractivity contribution in [3.8, 4) is 0 Å². The van der Waals surface area contributed by atoms with Crippen LogP contribution in [0.15, 0.2) is 0 Å². The van der Waals surface area contributed by atoms with Gasteiger partial charge in [-0.15, -0.1) is 0 Å². The molecule has 11 heavy (non-hydrogen) atoms. The van der Waals surface area contributed by atoms with E-state index in [2.05, 4.69) is 13.8 Å². The Hall–Kier alpha value is -0.0800. The zero-order chi connectivity index (χ0) is 8.27. The molecular formula is C9H19NO. The SMILES string of the molecule is CC(C)COC1CCCC1N. The lowest BCUT2D eigenvalue weighted by atomic mass is 10.2. The third-order valence-corrected chi connectivity index (χ3v) is 2.15. The monoisotopic (exact) mass is 157 g/mol. The van der Waals surface area contributed by atoms with Crippen LogP contribution in [0.4, 0.5) is 0 Å². The molecule has 0 spiro atoms. The maximum absolute atomic E-state index is 5.84. The summed E-state index contributed by atoms with van der Waals surface area (Å²) >= 11 is 0. The Balaban J connectivity index is 2.15. The van der Waals surface area contributed by atoms with Gasteiger partial charge in [0.1, 0.15) is 0 Å². The summed E-state index contributed by atoms with van der Waals surface area (Å²) in [4.78, 5) is 0. The minimum Gasteiger partial charge on any atom is -0.376 e. The van der Waals surface area contributed by atoms with E-state index < -0.39 is 0 Å². The Morgan fingerprint density at radius 1 is 1.45 bits per heavy atom. The number of nitrogens with two attached hydrogens (primary N) is 1. The van der Waals surface area contributed by atoms with Crippen molar-refractivity contribution in [2.75, 3.05) is 6.61 Å². The maximum Gasteiger partial charge on any atom is 0.0726 e. The van der Waals surface area contributed by atoms with Crippen LogP contribution in [0.5, 0.6) is 0 Å². The van der Waals surface area contributed by atoms with E-state index in [1.807, 2.05) is 0 Å². The minimum atomic E-state index is 0.300. The second-order valence-electron chi connectivity index (χ2n) is 3.86. The van der Waals surface area contributed by atoms with Gasteiger partial charge in [0.15, 0.2) is 0 Å². The Morgan fingerprint density at radius 3 is 2.64 bits per heavy atom. The average molecular weight is 157 g/mol. The molecule has 0 radical (unpaired) electrons. The molecule has 1 saturated carbocycles. The first-order valence-electron chi connectivity index (χ1n) is 4.57. The molecule has 1 fully saturated rings. The summed E-state index contributed by atoms with van der Waals surface area (Å²) < 4.78 is 5.65. The molecule has 0 heterocycles. The quantitative estimate of drug-likeness (QED) is 0.674. The van der Waals surface area contributed by atoms with Crippen LogP contribution in [0.2, 0.25) is 0 Å². The van der Waals surface area contributed by atoms with Crippen molar-refractivity contribution in [3.05, 3.63) is 0 Å². The van der Waals surface area contributed by atoms with Crippen LogP contribution in [0.3, 0.4) is 0 Å². The van der Waals surface area contributed by atoms with Gasteiger partial charge in [0.2, 0.25) is 0 Å². The van der Waals surface area contributed by atoms with E-state index in [0.29, 0.717) is 18.1 Å². The lowest BCUT2D eigenvalue weighted by Gasteiger charge is -2.17. The van der Waals surface area contributed by atoms with Crippen LogP contribution in [0.25, 0.3) is 0 Å². The lowest BCUT2D eigenvalue weighted by molar-refractivity contribution is 0.0314. The van der Waals surface area contributed by atoms with Gasteiger partial charge >= 0.3 is 0 Å². The Bertz CT molecular complexity index is 114. The Kier molecular flexibility index (Phi) is 3.34. The zero-order valence-corrected chi connectivity index (χ0v) is 7.55. The van der Waals surface area contributed by atoms with Gasteiger partial charge in [0, 0.05) is 12.6 Å². The van der Waals surface area contributed by atoms with Crippen molar-refractivity contribution < 1.29 is 4.74 Å². The molecule has 0 aliphatic heterocycles. The molecule has 1 aliphatic carbocycles. The van der Waals surface area contributed by atoms with Gasteiger partial charge in [-0.1, -0.05) is 13.8 Å². The Morgan fingerprint density at radius 2 is 2.18 bits per heavy atom. The third-order valence-electron chi connectivity index (χ3n) is 2.15. The molecule has 1 rings (SSSR count). The van der Waals surface area contributed by atoms with Crippen molar-refractivity contribution in [2.24, 2.45) is 11.7 Å². The van der Waals surface area contributed by atoms with E-state index in [-0.39, 0.29) is 0 Å². The molecular weight excluding hydrogens is 138 g/mol. The molecule has 0 aromatic heterocycles.